The van der Waals surface area contributed by atoms with Crippen LogP contribution in [0.3, 0.4) is 0 Å². The molecule has 1 aliphatic carbocycles. The highest BCUT2D eigenvalue weighted by Gasteiger charge is 2.28. The zero-order chi connectivity index (χ0) is 9.97. The van der Waals surface area contributed by atoms with Crippen molar-refractivity contribution in [3.63, 3.8) is 0 Å². The summed E-state index contributed by atoms with van der Waals surface area (Å²) in [5.41, 5.74) is 0. The van der Waals surface area contributed by atoms with Gasteiger partial charge >= 0.3 is 0 Å². The van der Waals surface area contributed by atoms with Crippen LogP contribution in [0.1, 0.15) is 19.3 Å². The smallest absolute Gasteiger partial charge is 0.0546 e. The third kappa shape index (κ3) is 2.69. The highest BCUT2D eigenvalue weighted by atomic mass is 16.5. The lowest BCUT2D eigenvalue weighted by Gasteiger charge is -2.35. The Bertz CT molecular complexity index is 174. The van der Waals surface area contributed by atoms with Gasteiger partial charge in [-0.1, -0.05) is 0 Å². The van der Waals surface area contributed by atoms with Crippen LogP contribution in [-0.2, 0) is 4.74 Å². The molecular formula is C11H21NO2. The van der Waals surface area contributed by atoms with E-state index in [0.29, 0.717) is 0 Å². The lowest BCUT2D eigenvalue weighted by Crippen LogP contribution is -2.38. The van der Waals surface area contributed by atoms with Crippen LogP contribution in [0.4, 0.5) is 0 Å². The molecule has 3 heteroatoms. The highest BCUT2D eigenvalue weighted by Crippen LogP contribution is 2.28. The van der Waals surface area contributed by atoms with E-state index in [1.54, 1.807) is 0 Å². The summed E-state index contributed by atoms with van der Waals surface area (Å²) in [4.78, 5) is 2.40. The zero-order valence-corrected chi connectivity index (χ0v) is 8.98. The molecule has 3 nitrogen and oxygen atoms in total. The Labute approximate surface area is 86.0 Å². The number of aliphatic hydroxyl groups is 1. The average molecular weight is 199 g/mol. The minimum Gasteiger partial charge on any atom is -0.393 e. The molecule has 0 aromatic rings. The third-order valence-corrected chi connectivity index (χ3v) is 3.37. The van der Waals surface area contributed by atoms with Crippen LogP contribution >= 0.6 is 0 Å². The van der Waals surface area contributed by atoms with Gasteiger partial charge in [-0.25, -0.2) is 0 Å². The molecule has 0 spiro atoms. The number of ether oxygens (including phenoxy) is 1. The van der Waals surface area contributed by atoms with Crippen LogP contribution in [0.5, 0.6) is 0 Å². The number of rotatable bonds is 4. The van der Waals surface area contributed by atoms with Crippen molar-refractivity contribution in [2.24, 2.45) is 11.8 Å². The van der Waals surface area contributed by atoms with Gasteiger partial charge in [0.25, 0.3) is 0 Å². The van der Waals surface area contributed by atoms with E-state index in [4.69, 9.17) is 4.74 Å². The van der Waals surface area contributed by atoms with E-state index in [0.717, 1.165) is 51.0 Å². The Kier molecular flexibility index (Phi) is 3.42. The van der Waals surface area contributed by atoms with Crippen molar-refractivity contribution in [3.05, 3.63) is 0 Å². The van der Waals surface area contributed by atoms with Crippen molar-refractivity contribution in [2.45, 2.75) is 25.4 Å². The lowest BCUT2D eigenvalue weighted by atomic mass is 9.82. The van der Waals surface area contributed by atoms with Gasteiger partial charge in [0.05, 0.1) is 12.7 Å². The fourth-order valence-corrected chi connectivity index (χ4v) is 2.53. The summed E-state index contributed by atoms with van der Waals surface area (Å²) < 4.78 is 5.35. The molecule has 1 heterocycles. The molecule has 82 valence electrons. The average Bonchev–Trinajstić information content (AvgIpc) is 2.54. The molecule has 2 fully saturated rings. The normalized spacial score (nSPS) is 37.5. The SMILES string of the molecule is CN(CC1CCOC1)CC1CC(O)C1. The first-order valence-corrected chi connectivity index (χ1v) is 5.68. The first-order chi connectivity index (χ1) is 6.74. The van der Waals surface area contributed by atoms with Gasteiger partial charge in [-0.15, -0.1) is 0 Å². The standard InChI is InChI=1S/C11H21NO2/c1-12(6-9-2-3-14-8-9)7-10-4-11(13)5-10/h9-11,13H,2-8H2,1H3. The monoisotopic (exact) mass is 199 g/mol. The second-order valence-electron chi connectivity index (χ2n) is 4.94. The van der Waals surface area contributed by atoms with E-state index >= 15 is 0 Å². The van der Waals surface area contributed by atoms with E-state index in [1.165, 1.54) is 6.42 Å². The Balaban J connectivity index is 1.60. The molecule has 1 saturated heterocycles. The summed E-state index contributed by atoms with van der Waals surface area (Å²) in [5, 5.41) is 9.18. The van der Waals surface area contributed by atoms with Gasteiger partial charge in [0.1, 0.15) is 0 Å². The second kappa shape index (κ2) is 4.60. The molecule has 0 aromatic carbocycles. The van der Waals surface area contributed by atoms with Gasteiger partial charge in [-0.3, -0.25) is 0 Å². The third-order valence-electron chi connectivity index (χ3n) is 3.37. The van der Waals surface area contributed by atoms with Gasteiger partial charge in [0.15, 0.2) is 0 Å². The Morgan fingerprint density at radius 2 is 2.00 bits per heavy atom. The first-order valence-electron chi connectivity index (χ1n) is 5.68. The van der Waals surface area contributed by atoms with E-state index in [9.17, 15) is 5.11 Å². The first kappa shape index (κ1) is 10.4. The van der Waals surface area contributed by atoms with Crippen molar-refractivity contribution in [3.8, 4) is 0 Å². The number of hydrogen-bond acceptors (Lipinski definition) is 3. The highest BCUT2D eigenvalue weighted by molar-refractivity contribution is 4.81. The minimum atomic E-state index is -0.0109. The molecule has 0 bridgehead atoms. The van der Waals surface area contributed by atoms with Crippen LogP contribution < -0.4 is 0 Å². The summed E-state index contributed by atoms with van der Waals surface area (Å²) >= 11 is 0. The molecule has 2 aliphatic rings. The summed E-state index contributed by atoms with van der Waals surface area (Å²) in [6.45, 7) is 4.19. The number of nitrogens with zero attached hydrogens (tertiary/aromatic N) is 1. The fourth-order valence-electron chi connectivity index (χ4n) is 2.53. The Hall–Kier alpha value is -0.120. The van der Waals surface area contributed by atoms with Crippen molar-refractivity contribution in [1.29, 1.82) is 0 Å². The lowest BCUT2D eigenvalue weighted by molar-refractivity contribution is 0.0261. The number of aliphatic hydroxyl groups excluding tert-OH is 1. The molecule has 1 atom stereocenters. The summed E-state index contributed by atoms with van der Waals surface area (Å²) in [6, 6.07) is 0. The Morgan fingerprint density at radius 1 is 1.29 bits per heavy atom. The van der Waals surface area contributed by atoms with E-state index < -0.39 is 0 Å². The predicted molar refractivity (Wildman–Crippen MR) is 55.2 cm³/mol. The Morgan fingerprint density at radius 3 is 2.57 bits per heavy atom. The van der Waals surface area contributed by atoms with Gasteiger partial charge in [0.2, 0.25) is 0 Å². The second-order valence-corrected chi connectivity index (χ2v) is 4.94. The maximum absolute atomic E-state index is 9.18. The fraction of sp³-hybridized carbons (Fsp3) is 1.00. The molecular weight excluding hydrogens is 178 g/mol. The van der Waals surface area contributed by atoms with Gasteiger partial charge in [-0.05, 0) is 38.1 Å². The summed E-state index contributed by atoms with van der Waals surface area (Å²) in [5.74, 6) is 1.47. The molecule has 0 amide bonds. The van der Waals surface area contributed by atoms with Gasteiger partial charge < -0.3 is 14.7 Å². The summed E-state index contributed by atoms with van der Waals surface area (Å²) in [6.07, 6.45) is 3.22. The maximum atomic E-state index is 9.18. The maximum Gasteiger partial charge on any atom is 0.0546 e. The minimum absolute atomic E-state index is 0.0109. The van der Waals surface area contributed by atoms with Crippen LogP contribution in [-0.4, -0.2) is 49.5 Å². The van der Waals surface area contributed by atoms with Crippen molar-refractivity contribution >= 4 is 0 Å². The molecule has 14 heavy (non-hydrogen) atoms. The zero-order valence-electron chi connectivity index (χ0n) is 8.98. The van der Waals surface area contributed by atoms with Crippen LogP contribution in [0, 0.1) is 11.8 Å². The van der Waals surface area contributed by atoms with E-state index in [2.05, 4.69) is 11.9 Å². The largest absolute Gasteiger partial charge is 0.393 e. The van der Waals surface area contributed by atoms with Crippen LogP contribution in [0.2, 0.25) is 0 Å². The topological polar surface area (TPSA) is 32.7 Å². The predicted octanol–water partition coefficient (Wildman–Crippen LogP) is 0.726. The van der Waals surface area contributed by atoms with Crippen LogP contribution in [0.25, 0.3) is 0 Å². The van der Waals surface area contributed by atoms with Crippen molar-refractivity contribution in [1.82, 2.24) is 4.90 Å². The molecule has 2 rings (SSSR count). The molecule has 1 N–H and O–H groups in total. The molecule has 1 saturated carbocycles. The molecule has 0 aromatic heterocycles. The quantitative estimate of drug-likeness (QED) is 0.724. The molecule has 0 radical (unpaired) electrons. The van der Waals surface area contributed by atoms with Gasteiger partial charge in [-0.2, -0.15) is 0 Å². The molecule has 1 unspecified atom stereocenters. The van der Waals surface area contributed by atoms with E-state index in [1.807, 2.05) is 0 Å². The van der Waals surface area contributed by atoms with Crippen molar-refractivity contribution < 1.29 is 9.84 Å². The van der Waals surface area contributed by atoms with Crippen LogP contribution in [0.15, 0.2) is 0 Å². The van der Waals surface area contributed by atoms with Gasteiger partial charge in [0, 0.05) is 19.7 Å². The number of hydrogen-bond donors (Lipinski definition) is 1. The van der Waals surface area contributed by atoms with E-state index in [-0.39, 0.29) is 6.10 Å². The summed E-state index contributed by atoms with van der Waals surface area (Å²) in [7, 11) is 2.18. The van der Waals surface area contributed by atoms with Crippen molar-refractivity contribution in [2.75, 3.05) is 33.4 Å². The molecule has 1 aliphatic heterocycles.